The van der Waals surface area contributed by atoms with E-state index in [-0.39, 0.29) is 6.04 Å². The van der Waals surface area contributed by atoms with Crippen molar-refractivity contribution in [3.63, 3.8) is 0 Å². The minimum atomic E-state index is -0.0856. The Morgan fingerprint density at radius 1 is 1.47 bits per heavy atom. The molecule has 1 atom stereocenters. The van der Waals surface area contributed by atoms with Crippen LogP contribution in [0.4, 0.5) is 0 Å². The molecule has 4 nitrogen and oxygen atoms in total. The van der Waals surface area contributed by atoms with Gasteiger partial charge in [0, 0.05) is 32.8 Å². The molecular formula is C11H23N3O. The van der Waals surface area contributed by atoms with Crippen molar-refractivity contribution in [2.45, 2.75) is 32.4 Å². The topological polar surface area (TPSA) is 48.3 Å². The lowest BCUT2D eigenvalue weighted by molar-refractivity contribution is 0.177. The molecule has 88 valence electrons. The van der Waals surface area contributed by atoms with Gasteiger partial charge in [0.1, 0.15) is 6.04 Å². The fourth-order valence-electron chi connectivity index (χ4n) is 1.41. The van der Waals surface area contributed by atoms with Crippen LogP contribution < -0.4 is 5.32 Å². The highest BCUT2D eigenvalue weighted by molar-refractivity contribution is 4.92. The Bertz CT molecular complexity index is 189. The van der Waals surface area contributed by atoms with Crippen LogP contribution in [-0.4, -0.2) is 50.8 Å². The highest BCUT2D eigenvalue weighted by Gasteiger charge is 2.10. The summed E-state index contributed by atoms with van der Waals surface area (Å²) in [6, 6.07) is 2.53. The number of ether oxygens (including phenoxy) is 1. The molecule has 0 radical (unpaired) electrons. The van der Waals surface area contributed by atoms with Crippen LogP contribution in [0.3, 0.4) is 0 Å². The molecule has 0 saturated carbocycles. The first-order valence-electron chi connectivity index (χ1n) is 5.43. The molecule has 0 aromatic carbocycles. The maximum Gasteiger partial charge on any atom is 0.108 e. The predicted octanol–water partition coefficient (Wildman–Crippen LogP) is 0.845. The van der Waals surface area contributed by atoms with E-state index in [9.17, 15) is 0 Å². The van der Waals surface area contributed by atoms with Crippen molar-refractivity contribution in [2.75, 3.05) is 33.9 Å². The Morgan fingerprint density at radius 3 is 2.60 bits per heavy atom. The van der Waals surface area contributed by atoms with E-state index in [1.165, 1.54) is 0 Å². The van der Waals surface area contributed by atoms with E-state index in [1.807, 2.05) is 7.05 Å². The Morgan fingerprint density at radius 2 is 2.13 bits per heavy atom. The summed E-state index contributed by atoms with van der Waals surface area (Å²) in [4.78, 5) is 2.16. The van der Waals surface area contributed by atoms with Gasteiger partial charge in [0.15, 0.2) is 0 Å². The van der Waals surface area contributed by atoms with Gasteiger partial charge in [-0.3, -0.25) is 5.32 Å². The highest BCUT2D eigenvalue weighted by Crippen LogP contribution is 1.93. The van der Waals surface area contributed by atoms with Crippen molar-refractivity contribution in [3.8, 4) is 6.07 Å². The van der Waals surface area contributed by atoms with Gasteiger partial charge in [-0.15, -0.1) is 0 Å². The summed E-state index contributed by atoms with van der Waals surface area (Å²) in [5.41, 5.74) is 0. The zero-order valence-corrected chi connectivity index (χ0v) is 10.3. The molecule has 0 aliphatic heterocycles. The fraction of sp³-hybridized carbons (Fsp3) is 0.909. The average Bonchev–Trinajstić information content (AvgIpc) is 2.16. The number of nitrogens with zero attached hydrogens (tertiary/aromatic N) is 2. The van der Waals surface area contributed by atoms with E-state index in [4.69, 9.17) is 10.00 Å². The van der Waals surface area contributed by atoms with Crippen molar-refractivity contribution < 1.29 is 4.74 Å². The van der Waals surface area contributed by atoms with Gasteiger partial charge in [-0.05, 0) is 27.3 Å². The molecular weight excluding hydrogens is 190 g/mol. The smallest absolute Gasteiger partial charge is 0.108 e. The van der Waals surface area contributed by atoms with E-state index < -0.39 is 0 Å². The summed E-state index contributed by atoms with van der Waals surface area (Å²) in [6.45, 7) is 6.61. The van der Waals surface area contributed by atoms with Crippen LogP contribution in [0.15, 0.2) is 0 Å². The summed E-state index contributed by atoms with van der Waals surface area (Å²) < 4.78 is 4.98. The quantitative estimate of drug-likeness (QED) is 0.607. The van der Waals surface area contributed by atoms with E-state index >= 15 is 0 Å². The van der Waals surface area contributed by atoms with Crippen molar-refractivity contribution in [1.82, 2.24) is 10.2 Å². The standard InChI is InChI=1S/C11H23N3O/c1-10(2)13-11(8-12)9-14(3)6-5-7-15-4/h10-11,13H,5-7,9H2,1-4H3. The first-order valence-corrected chi connectivity index (χ1v) is 5.43. The SMILES string of the molecule is COCCCN(C)CC(C#N)NC(C)C. The molecule has 0 spiro atoms. The number of nitriles is 1. The van der Waals surface area contributed by atoms with Crippen LogP contribution >= 0.6 is 0 Å². The average molecular weight is 213 g/mol. The lowest BCUT2D eigenvalue weighted by Gasteiger charge is -2.21. The summed E-state index contributed by atoms with van der Waals surface area (Å²) in [5.74, 6) is 0. The molecule has 0 aliphatic rings. The highest BCUT2D eigenvalue weighted by atomic mass is 16.5. The second-order valence-electron chi connectivity index (χ2n) is 4.11. The molecule has 0 aliphatic carbocycles. The van der Waals surface area contributed by atoms with Crippen LogP contribution in [0.1, 0.15) is 20.3 Å². The Balaban J connectivity index is 3.71. The monoisotopic (exact) mass is 213 g/mol. The minimum absolute atomic E-state index is 0.0856. The summed E-state index contributed by atoms with van der Waals surface area (Å²) in [6.07, 6.45) is 1.01. The van der Waals surface area contributed by atoms with E-state index in [1.54, 1.807) is 7.11 Å². The Labute approximate surface area is 93.2 Å². The zero-order valence-electron chi connectivity index (χ0n) is 10.3. The number of nitrogens with one attached hydrogen (secondary N) is 1. The number of rotatable bonds is 8. The van der Waals surface area contributed by atoms with E-state index in [0.717, 1.165) is 26.1 Å². The molecule has 0 fully saturated rings. The van der Waals surface area contributed by atoms with Crippen molar-refractivity contribution >= 4 is 0 Å². The molecule has 0 aromatic heterocycles. The third-order valence-corrected chi connectivity index (χ3v) is 2.07. The van der Waals surface area contributed by atoms with Crippen molar-refractivity contribution in [3.05, 3.63) is 0 Å². The summed E-state index contributed by atoms with van der Waals surface area (Å²) in [5, 5.41) is 12.1. The van der Waals surface area contributed by atoms with Crippen LogP contribution in [0.25, 0.3) is 0 Å². The first kappa shape index (κ1) is 14.4. The lowest BCUT2D eigenvalue weighted by atomic mass is 10.2. The molecule has 15 heavy (non-hydrogen) atoms. The van der Waals surface area contributed by atoms with Crippen LogP contribution in [0.5, 0.6) is 0 Å². The number of likely N-dealkylation sites (N-methyl/N-ethyl adjacent to an activating group) is 1. The van der Waals surface area contributed by atoms with E-state index in [0.29, 0.717) is 6.04 Å². The first-order chi connectivity index (χ1) is 7.10. The van der Waals surface area contributed by atoms with E-state index in [2.05, 4.69) is 30.1 Å². The van der Waals surface area contributed by atoms with Gasteiger partial charge >= 0.3 is 0 Å². The minimum Gasteiger partial charge on any atom is -0.385 e. The van der Waals surface area contributed by atoms with Crippen LogP contribution in [0.2, 0.25) is 0 Å². The Hall–Kier alpha value is -0.630. The van der Waals surface area contributed by atoms with Gasteiger partial charge in [0.2, 0.25) is 0 Å². The maximum absolute atomic E-state index is 8.93. The molecule has 0 heterocycles. The van der Waals surface area contributed by atoms with Crippen molar-refractivity contribution in [2.24, 2.45) is 0 Å². The van der Waals surface area contributed by atoms with Crippen LogP contribution in [0, 0.1) is 11.3 Å². The van der Waals surface area contributed by atoms with Gasteiger partial charge in [-0.2, -0.15) is 5.26 Å². The maximum atomic E-state index is 8.93. The third-order valence-electron chi connectivity index (χ3n) is 2.07. The van der Waals surface area contributed by atoms with Gasteiger partial charge in [-0.1, -0.05) is 0 Å². The molecule has 4 heteroatoms. The third kappa shape index (κ3) is 8.37. The molecule has 1 unspecified atom stereocenters. The fourth-order valence-corrected chi connectivity index (χ4v) is 1.41. The normalized spacial score (nSPS) is 13.1. The molecule has 0 bridgehead atoms. The second kappa shape index (κ2) is 8.66. The zero-order chi connectivity index (χ0) is 11.7. The molecule has 0 amide bonds. The number of hydrogen-bond acceptors (Lipinski definition) is 4. The Kier molecular flexibility index (Phi) is 8.30. The van der Waals surface area contributed by atoms with Crippen LogP contribution in [-0.2, 0) is 4.74 Å². The van der Waals surface area contributed by atoms with Gasteiger partial charge in [0.05, 0.1) is 6.07 Å². The van der Waals surface area contributed by atoms with Gasteiger partial charge in [0.25, 0.3) is 0 Å². The van der Waals surface area contributed by atoms with Gasteiger partial charge < -0.3 is 9.64 Å². The summed E-state index contributed by atoms with van der Waals surface area (Å²) in [7, 11) is 3.74. The second-order valence-corrected chi connectivity index (χ2v) is 4.11. The molecule has 0 aromatic rings. The summed E-state index contributed by atoms with van der Waals surface area (Å²) >= 11 is 0. The van der Waals surface area contributed by atoms with Crippen molar-refractivity contribution in [1.29, 1.82) is 5.26 Å². The number of hydrogen-bond donors (Lipinski definition) is 1. The van der Waals surface area contributed by atoms with Gasteiger partial charge in [-0.25, -0.2) is 0 Å². The number of methoxy groups -OCH3 is 1. The largest absolute Gasteiger partial charge is 0.385 e. The lowest BCUT2D eigenvalue weighted by Crippen LogP contribution is -2.42. The molecule has 0 rings (SSSR count). The predicted molar refractivity (Wildman–Crippen MR) is 61.7 cm³/mol. The molecule has 0 saturated heterocycles. The molecule has 1 N–H and O–H groups in total.